The Morgan fingerprint density at radius 1 is 1.38 bits per heavy atom. The average molecular weight is 287 g/mol. The van der Waals surface area contributed by atoms with Crippen LogP contribution in [0, 0.1) is 11.3 Å². The topological polar surface area (TPSA) is 65.4 Å². The van der Waals surface area contributed by atoms with Gasteiger partial charge in [-0.15, -0.1) is 0 Å². The minimum absolute atomic E-state index is 0.144. The molecule has 0 bridgehead atoms. The number of nitrogens with zero attached hydrogens (tertiary/aromatic N) is 2. The molecule has 1 saturated heterocycles. The summed E-state index contributed by atoms with van der Waals surface area (Å²) in [5.74, 6) is 0.872. The Labute approximate surface area is 125 Å². The molecule has 0 radical (unpaired) electrons. The molecule has 0 atom stereocenters. The monoisotopic (exact) mass is 287 g/mol. The van der Waals surface area contributed by atoms with Gasteiger partial charge in [-0.05, 0) is 37.5 Å². The number of piperidine rings is 1. The molecule has 0 spiro atoms. The van der Waals surface area contributed by atoms with Gasteiger partial charge in [-0.2, -0.15) is 5.26 Å². The molecular formula is C16H21N3O2. The SMILES string of the molecule is COc1ccc(C#N)cc1CNCC(=O)N1CCCCC1. The second-order valence-corrected chi connectivity index (χ2v) is 5.18. The van der Waals surface area contributed by atoms with Gasteiger partial charge in [-0.25, -0.2) is 0 Å². The molecule has 1 aromatic carbocycles. The van der Waals surface area contributed by atoms with Gasteiger partial charge in [-0.3, -0.25) is 4.79 Å². The number of nitrogens with one attached hydrogen (secondary N) is 1. The van der Waals surface area contributed by atoms with Gasteiger partial charge in [-0.1, -0.05) is 0 Å². The van der Waals surface area contributed by atoms with E-state index in [9.17, 15) is 4.79 Å². The predicted molar refractivity (Wildman–Crippen MR) is 79.8 cm³/mol. The molecule has 1 aliphatic heterocycles. The Morgan fingerprint density at radius 2 is 2.14 bits per heavy atom. The number of ether oxygens (including phenoxy) is 1. The first-order chi connectivity index (χ1) is 10.2. The first kappa shape index (κ1) is 15.3. The van der Waals surface area contributed by atoms with Crippen molar-refractivity contribution in [2.45, 2.75) is 25.8 Å². The van der Waals surface area contributed by atoms with Crippen LogP contribution in [0.25, 0.3) is 0 Å². The van der Waals surface area contributed by atoms with Crippen molar-refractivity contribution in [3.05, 3.63) is 29.3 Å². The quantitative estimate of drug-likeness (QED) is 0.894. The lowest BCUT2D eigenvalue weighted by Gasteiger charge is -2.26. The summed E-state index contributed by atoms with van der Waals surface area (Å²) in [5, 5.41) is 12.1. The summed E-state index contributed by atoms with van der Waals surface area (Å²) in [6.07, 6.45) is 3.42. The Balaban J connectivity index is 1.87. The highest BCUT2D eigenvalue weighted by Gasteiger charge is 2.15. The molecule has 5 heteroatoms. The van der Waals surface area contributed by atoms with Crippen molar-refractivity contribution in [3.63, 3.8) is 0 Å². The Hall–Kier alpha value is -2.06. The van der Waals surface area contributed by atoms with Crippen molar-refractivity contribution < 1.29 is 9.53 Å². The lowest BCUT2D eigenvalue weighted by atomic mass is 10.1. The van der Waals surface area contributed by atoms with Crippen LogP contribution < -0.4 is 10.1 Å². The standard InChI is InChI=1S/C16H21N3O2/c1-21-15-6-5-13(10-17)9-14(15)11-18-12-16(20)19-7-3-2-4-8-19/h5-6,9,18H,2-4,7-8,11-12H2,1H3. The molecule has 0 unspecified atom stereocenters. The number of benzene rings is 1. The summed E-state index contributed by atoms with van der Waals surface area (Å²) in [6, 6.07) is 7.40. The van der Waals surface area contributed by atoms with E-state index in [1.54, 1.807) is 25.3 Å². The van der Waals surface area contributed by atoms with E-state index in [1.807, 2.05) is 4.90 Å². The number of hydrogen-bond donors (Lipinski definition) is 1. The highest BCUT2D eigenvalue weighted by Crippen LogP contribution is 2.19. The van der Waals surface area contributed by atoms with Crippen LogP contribution in [0.2, 0.25) is 0 Å². The maximum atomic E-state index is 12.0. The molecule has 0 saturated carbocycles. The normalized spacial score (nSPS) is 14.6. The van der Waals surface area contributed by atoms with E-state index < -0.39 is 0 Å². The summed E-state index contributed by atoms with van der Waals surface area (Å²) in [5.41, 5.74) is 1.48. The van der Waals surface area contributed by atoms with Gasteiger partial charge in [0.2, 0.25) is 5.91 Å². The number of methoxy groups -OCH3 is 1. The number of hydrogen-bond acceptors (Lipinski definition) is 4. The van der Waals surface area contributed by atoms with E-state index in [0.717, 1.165) is 37.2 Å². The summed E-state index contributed by atoms with van der Waals surface area (Å²) >= 11 is 0. The molecule has 1 amide bonds. The Morgan fingerprint density at radius 3 is 2.81 bits per heavy atom. The number of amides is 1. The molecule has 1 fully saturated rings. The predicted octanol–water partition coefficient (Wildman–Crippen LogP) is 1.67. The highest BCUT2D eigenvalue weighted by molar-refractivity contribution is 5.78. The van der Waals surface area contributed by atoms with Gasteiger partial charge >= 0.3 is 0 Å². The smallest absolute Gasteiger partial charge is 0.236 e. The minimum atomic E-state index is 0.144. The van der Waals surface area contributed by atoms with E-state index in [2.05, 4.69) is 11.4 Å². The number of rotatable bonds is 5. The lowest BCUT2D eigenvalue weighted by molar-refractivity contribution is -0.131. The fraction of sp³-hybridized carbons (Fsp3) is 0.500. The molecule has 1 N–H and O–H groups in total. The minimum Gasteiger partial charge on any atom is -0.496 e. The van der Waals surface area contributed by atoms with Crippen LogP contribution in [0.15, 0.2) is 18.2 Å². The maximum Gasteiger partial charge on any atom is 0.236 e. The third-order valence-electron chi connectivity index (χ3n) is 3.71. The molecule has 1 heterocycles. The third kappa shape index (κ3) is 4.20. The first-order valence-corrected chi connectivity index (χ1v) is 7.30. The maximum absolute atomic E-state index is 12.0. The number of carbonyl (C=O) groups is 1. The van der Waals surface area contributed by atoms with Crippen LogP contribution in [0.3, 0.4) is 0 Å². The number of carbonyl (C=O) groups excluding carboxylic acids is 1. The lowest BCUT2D eigenvalue weighted by Crippen LogP contribution is -2.41. The summed E-state index contributed by atoms with van der Waals surface area (Å²) in [7, 11) is 1.60. The van der Waals surface area contributed by atoms with Gasteiger partial charge in [0.05, 0.1) is 25.3 Å². The zero-order valence-electron chi connectivity index (χ0n) is 12.4. The first-order valence-electron chi connectivity index (χ1n) is 7.30. The van der Waals surface area contributed by atoms with Crippen LogP contribution in [-0.2, 0) is 11.3 Å². The summed E-state index contributed by atoms with van der Waals surface area (Å²) in [4.78, 5) is 14.0. The van der Waals surface area contributed by atoms with Crippen molar-refractivity contribution >= 4 is 5.91 Å². The third-order valence-corrected chi connectivity index (χ3v) is 3.71. The van der Waals surface area contributed by atoms with E-state index >= 15 is 0 Å². The van der Waals surface area contributed by atoms with Crippen LogP contribution in [0.5, 0.6) is 5.75 Å². The molecule has 0 aliphatic carbocycles. The van der Waals surface area contributed by atoms with Crippen LogP contribution in [0.4, 0.5) is 0 Å². The van der Waals surface area contributed by atoms with Gasteiger partial charge in [0.25, 0.3) is 0 Å². The van der Waals surface area contributed by atoms with Crippen LogP contribution >= 0.6 is 0 Å². The highest BCUT2D eigenvalue weighted by atomic mass is 16.5. The zero-order valence-corrected chi connectivity index (χ0v) is 12.4. The van der Waals surface area contributed by atoms with Gasteiger partial charge < -0.3 is 15.0 Å². The Kier molecular flexibility index (Phi) is 5.59. The van der Waals surface area contributed by atoms with Crippen molar-refractivity contribution in [2.24, 2.45) is 0 Å². The Bertz CT molecular complexity index is 531. The molecule has 1 aliphatic rings. The molecular weight excluding hydrogens is 266 g/mol. The van der Waals surface area contributed by atoms with Crippen LogP contribution in [-0.4, -0.2) is 37.6 Å². The van der Waals surface area contributed by atoms with E-state index in [4.69, 9.17) is 10.00 Å². The van der Waals surface area contributed by atoms with Crippen molar-refractivity contribution in [1.82, 2.24) is 10.2 Å². The fourth-order valence-electron chi connectivity index (χ4n) is 2.55. The fourth-order valence-corrected chi connectivity index (χ4v) is 2.55. The van der Waals surface area contributed by atoms with Crippen molar-refractivity contribution in [3.8, 4) is 11.8 Å². The summed E-state index contributed by atoms with van der Waals surface area (Å²) in [6.45, 7) is 2.57. The average Bonchev–Trinajstić information content (AvgIpc) is 2.55. The molecule has 5 nitrogen and oxygen atoms in total. The largest absolute Gasteiger partial charge is 0.496 e. The molecule has 0 aromatic heterocycles. The second kappa shape index (κ2) is 7.65. The van der Waals surface area contributed by atoms with Gasteiger partial charge in [0.15, 0.2) is 0 Å². The number of likely N-dealkylation sites (tertiary alicyclic amines) is 1. The summed E-state index contributed by atoms with van der Waals surface area (Å²) < 4.78 is 5.27. The van der Waals surface area contributed by atoms with Crippen molar-refractivity contribution in [1.29, 1.82) is 5.26 Å². The molecule has 21 heavy (non-hydrogen) atoms. The van der Waals surface area contributed by atoms with Gasteiger partial charge in [0, 0.05) is 25.2 Å². The number of nitriles is 1. The molecule has 112 valence electrons. The zero-order chi connectivity index (χ0) is 15.1. The van der Waals surface area contributed by atoms with E-state index in [-0.39, 0.29) is 5.91 Å². The van der Waals surface area contributed by atoms with Crippen molar-refractivity contribution in [2.75, 3.05) is 26.7 Å². The van der Waals surface area contributed by atoms with Gasteiger partial charge in [0.1, 0.15) is 5.75 Å². The second-order valence-electron chi connectivity index (χ2n) is 5.18. The van der Waals surface area contributed by atoms with E-state index in [0.29, 0.717) is 18.7 Å². The van der Waals surface area contributed by atoms with E-state index in [1.165, 1.54) is 6.42 Å². The molecule has 1 aromatic rings. The molecule has 2 rings (SSSR count). The van der Waals surface area contributed by atoms with Crippen LogP contribution in [0.1, 0.15) is 30.4 Å².